The Labute approximate surface area is 146 Å². The summed E-state index contributed by atoms with van der Waals surface area (Å²) in [5.74, 6) is -0.0985. The maximum atomic E-state index is 11.6. The molecule has 0 radical (unpaired) electrons. The molecular formula is C19H34O5. The van der Waals surface area contributed by atoms with Crippen molar-refractivity contribution in [1.29, 1.82) is 0 Å². The molecule has 0 rings (SSSR count). The lowest BCUT2D eigenvalue weighted by Crippen LogP contribution is -2.41. The van der Waals surface area contributed by atoms with Crippen molar-refractivity contribution in [2.45, 2.75) is 66.1 Å². The second-order valence-corrected chi connectivity index (χ2v) is 7.90. The average Bonchev–Trinajstić information content (AvgIpc) is 2.39. The van der Waals surface area contributed by atoms with Gasteiger partial charge in [0, 0.05) is 18.1 Å². The molecule has 0 unspecified atom stereocenters. The van der Waals surface area contributed by atoms with Gasteiger partial charge in [-0.05, 0) is 47.1 Å². The molecule has 0 aromatic carbocycles. The smallest absolute Gasteiger partial charge is 0.330 e. The van der Waals surface area contributed by atoms with Gasteiger partial charge in [-0.25, -0.2) is 4.79 Å². The SMILES string of the molecule is C=C(/C=C/C(=O)OCCOC(C)(C)C)OC(C)(C)C(C)(C)CCO. The molecule has 0 aromatic heterocycles. The molecule has 0 spiro atoms. The molecule has 0 heterocycles. The first-order valence-electron chi connectivity index (χ1n) is 8.28. The number of hydrogen-bond acceptors (Lipinski definition) is 5. The molecule has 0 bridgehead atoms. The van der Waals surface area contributed by atoms with Gasteiger partial charge in [-0.1, -0.05) is 20.4 Å². The molecule has 0 saturated heterocycles. The number of ether oxygens (including phenoxy) is 3. The molecule has 0 aliphatic rings. The molecule has 0 aliphatic carbocycles. The molecule has 0 aliphatic heterocycles. The molecule has 5 nitrogen and oxygen atoms in total. The largest absolute Gasteiger partial charge is 0.488 e. The van der Waals surface area contributed by atoms with Gasteiger partial charge < -0.3 is 19.3 Å². The van der Waals surface area contributed by atoms with E-state index < -0.39 is 11.6 Å². The number of rotatable bonds is 10. The summed E-state index contributed by atoms with van der Waals surface area (Å²) in [6.07, 6.45) is 3.38. The third kappa shape index (κ3) is 9.08. The van der Waals surface area contributed by atoms with Crippen LogP contribution in [0.5, 0.6) is 0 Å². The summed E-state index contributed by atoms with van der Waals surface area (Å²) in [4.78, 5) is 11.6. The Morgan fingerprint density at radius 3 is 2.12 bits per heavy atom. The van der Waals surface area contributed by atoms with E-state index in [1.807, 2.05) is 48.5 Å². The first kappa shape index (κ1) is 22.7. The topological polar surface area (TPSA) is 65.0 Å². The van der Waals surface area contributed by atoms with Crippen LogP contribution >= 0.6 is 0 Å². The summed E-state index contributed by atoms with van der Waals surface area (Å²) in [5.41, 5.74) is -1.04. The first-order chi connectivity index (χ1) is 10.8. The van der Waals surface area contributed by atoms with Gasteiger partial charge in [-0.3, -0.25) is 0 Å². The lowest BCUT2D eigenvalue weighted by Gasteiger charge is -2.41. The zero-order valence-electron chi connectivity index (χ0n) is 16.3. The van der Waals surface area contributed by atoms with Crippen LogP contribution in [-0.4, -0.2) is 42.1 Å². The zero-order chi connectivity index (χ0) is 19.0. The molecule has 0 atom stereocenters. The molecule has 0 amide bonds. The van der Waals surface area contributed by atoms with E-state index in [9.17, 15) is 4.79 Å². The highest BCUT2D eigenvalue weighted by molar-refractivity contribution is 5.82. The fraction of sp³-hybridized carbons (Fsp3) is 0.737. The van der Waals surface area contributed by atoms with Crippen molar-refractivity contribution in [2.24, 2.45) is 5.41 Å². The van der Waals surface area contributed by atoms with Gasteiger partial charge in [0.15, 0.2) is 0 Å². The fourth-order valence-electron chi connectivity index (χ4n) is 1.78. The molecule has 0 fully saturated rings. The van der Waals surface area contributed by atoms with Crippen LogP contribution in [0.4, 0.5) is 0 Å². The van der Waals surface area contributed by atoms with E-state index >= 15 is 0 Å². The minimum atomic E-state index is -0.540. The van der Waals surface area contributed by atoms with Crippen LogP contribution < -0.4 is 0 Å². The summed E-state index contributed by atoms with van der Waals surface area (Å²) in [6, 6.07) is 0. The van der Waals surface area contributed by atoms with Crippen LogP contribution in [0.3, 0.4) is 0 Å². The van der Waals surface area contributed by atoms with Gasteiger partial charge in [-0.15, -0.1) is 0 Å². The van der Waals surface area contributed by atoms with Gasteiger partial charge in [0.25, 0.3) is 0 Å². The number of aliphatic hydroxyl groups excluding tert-OH is 1. The van der Waals surface area contributed by atoms with Gasteiger partial charge >= 0.3 is 5.97 Å². The predicted molar refractivity (Wildman–Crippen MR) is 95.6 cm³/mol. The lowest BCUT2D eigenvalue weighted by atomic mass is 9.74. The summed E-state index contributed by atoms with van der Waals surface area (Å²) in [7, 11) is 0. The molecule has 24 heavy (non-hydrogen) atoms. The summed E-state index contributed by atoms with van der Waals surface area (Å²) in [6.45, 7) is 18.2. The number of hydrogen-bond donors (Lipinski definition) is 1. The maximum absolute atomic E-state index is 11.6. The monoisotopic (exact) mass is 342 g/mol. The minimum Gasteiger partial charge on any atom is -0.488 e. The Balaban J connectivity index is 4.35. The Morgan fingerprint density at radius 1 is 1.04 bits per heavy atom. The highest BCUT2D eigenvalue weighted by Crippen LogP contribution is 2.38. The van der Waals surface area contributed by atoms with E-state index in [0.29, 0.717) is 18.8 Å². The predicted octanol–water partition coefficient (Wildman–Crippen LogP) is 3.62. The minimum absolute atomic E-state index is 0.0884. The summed E-state index contributed by atoms with van der Waals surface area (Å²) in [5, 5.41) is 9.17. The van der Waals surface area contributed by atoms with Crippen molar-refractivity contribution >= 4 is 5.97 Å². The van der Waals surface area contributed by atoms with Crippen molar-refractivity contribution in [3.8, 4) is 0 Å². The molecular weight excluding hydrogens is 308 g/mol. The number of aliphatic hydroxyl groups is 1. The van der Waals surface area contributed by atoms with E-state index in [-0.39, 0.29) is 24.2 Å². The van der Waals surface area contributed by atoms with Crippen molar-refractivity contribution in [3.05, 3.63) is 24.5 Å². The third-order valence-corrected chi connectivity index (χ3v) is 4.02. The van der Waals surface area contributed by atoms with Crippen LogP contribution in [0.25, 0.3) is 0 Å². The van der Waals surface area contributed by atoms with Crippen LogP contribution in [0, 0.1) is 5.41 Å². The number of carbonyl (C=O) groups excluding carboxylic acids is 1. The molecule has 5 heteroatoms. The summed E-state index contributed by atoms with van der Waals surface area (Å²) >= 11 is 0. The summed E-state index contributed by atoms with van der Waals surface area (Å²) < 4.78 is 16.4. The Morgan fingerprint density at radius 2 is 1.62 bits per heavy atom. The van der Waals surface area contributed by atoms with Crippen LogP contribution in [0.2, 0.25) is 0 Å². The van der Waals surface area contributed by atoms with Crippen molar-refractivity contribution < 1.29 is 24.1 Å². The van der Waals surface area contributed by atoms with Crippen molar-refractivity contribution in [2.75, 3.05) is 19.8 Å². The number of allylic oxidation sites excluding steroid dienone is 1. The van der Waals surface area contributed by atoms with Crippen LogP contribution in [0.1, 0.15) is 54.9 Å². The van der Waals surface area contributed by atoms with Gasteiger partial charge in [0.05, 0.1) is 12.2 Å². The third-order valence-electron chi connectivity index (χ3n) is 4.02. The van der Waals surface area contributed by atoms with Crippen LogP contribution in [0.15, 0.2) is 24.5 Å². The number of carbonyl (C=O) groups is 1. The number of esters is 1. The van der Waals surface area contributed by atoms with E-state index in [1.165, 1.54) is 12.2 Å². The van der Waals surface area contributed by atoms with Gasteiger partial charge in [0.2, 0.25) is 0 Å². The first-order valence-corrected chi connectivity index (χ1v) is 8.28. The molecule has 140 valence electrons. The Kier molecular flexibility index (Phi) is 8.72. The van der Waals surface area contributed by atoms with Gasteiger partial charge in [-0.2, -0.15) is 0 Å². The highest BCUT2D eigenvalue weighted by atomic mass is 16.6. The van der Waals surface area contributed by atoms with E-state index in [1.54, 1.807) is 0 Å². The maximum Gasteiger partial charge on any atom is 0.330 e. The van der Waals surface area contributed by atoms with Crippen molar-refractivity contribution in [1.82, 2.24) is 0 Å². The Hall–Kier alpha value is -1.33. The van der Waals surface area contributed by atoms with E-state index in [2.05, 4.69) is 6.58 Å². The second-order valence-electron chi connectivity index (χ2n) is 7.90. The Bertz CT molecular complexity index is 441. The van der Waals surface area contributed by atoms with E-state index in [0.717, 1.165) is 0 Å². The zero-order valence-corrected chi connectivity index (χ0v) is 16.3. The average molecular weight is 342 g/mol. The quantitative estimate of drug-likeness (QED) is 0.216. The lowest BCUT2D eigenvalue weighted by molar-refractivity contribution is -0.141. The highest BCUT2D eigenvalue weighted by Gasteiger charge is 2.38. The normalized spacial score (nSPS) is 13.2. The molecule has 1 N–H and O–H groups in total. The fourth-order valence-corrected chi connectivity index (χ4v) is 1.78. The molecule has 0 saturated carbocycles. The second kappa shape index (κ2) is 9.23. The molecule has 0 aromatic rings. The van der Waals surface area contributed by atoms with Crippen LogP contribution in [-0.2, 0) is 19.0 Å². The van der Waals surface area contributed by atoms with Crippen molar-refractivity contribution in [3.63, 3.8) is 0 Å². The van der Waals surface area contributed by atoms with E-state index in [4.69, 9.17) is 19.3 Å². The standard InChI is InChI=1S/C19H34O5/c1-15(24-19(7,8)18(5,6)11-12-20)9-10-16(21)22-13-14-23-17(2,3)4/h9-10,20H,1,11-14H2,2-8H3/b10-9+. The van der Waals surface area contributed by atoms with Gasteiger partial charge in [0.1, 0.15) is 18.0 Å².